The van der Waals surface area contributed by atoms with Crippen molar-refractivity contribution in [2.45, 2.75) is 44.9 Å². The lowest BCUT2D eigenvalue weighted by atomic mass is 10.1. The van der Waals surface area contributed by atoms with E-state index in [1.165, 1.54) is 0 Å². The van der Waals surface area contributed by atoms with Gasteiger partial charge in [-0.05, 0) is 37.5 Å². The minimum Gasteiger partial charge on any atom is -0.324 e. The molecule has 1 aliphatic heterocycles. The van der Waals surface area contributed by atoms with E-state index in [2.05, 4.69) is 22.0 Å². The van der Waals surface area contributed by atoms with Crippen molar-refractivity contribution in [2.75, 3.05) is 11.9 Å². The molecular formula is C14H21N3O2S. The van der Waals surface area contributed by atoms with E-state index >= 15 is 0 Å². The maximum Gasteiger partial charge on any atom is 0.266 e. The van der Waals surface area contributed by atoms with E-state index in [1.807, 2.05) is 19.1 Å². The van der Waals surface area contributed by atoms with Gasteiger partial charge in [-0.3, -0.25) is 4.99 Å². The van der Waals surface area contributed by atoms with Gasteiger partial charge in [0, 0.05) is 6.54 Å². The maximum absolute atomic E-state index is 12.3. The summed E-state index contributed by atoms with van der Waals surface area (Å²) in [7, 11) is -3.52. The molecule has 0 spiro atoms. The number of guanidine groups is 1. The Hall–Kier alpha value is -1.56. The molecule has 0 atom stereocenters. The fraction of sp³-hybridized carbons (Fsp3) is 0.500. The summed E-state index contributed by atoms with van der Waals surface area (Å²) < 4.78 is 27.0. The number of aryl methyl sites for hydroxylation is 2. The second-order valence-electron chi connectivity index (χ2n) is 5.13. The number of nitrogens with one attached hydrogen (secondary N) is 2. The van der Waals surface area contributed by atoms with Gasteiger partial charge in [-0.25, -0.2) is 13.1 Å². The molecule has 1 aliphatic rings. The first-order valence-corrected chi connectivity index (χ1v) is 8.38. The third-order valence-electron chi connectivity index (χ3n) is 3.20. The van der Waals surface area contributed by atoms with E-state index in [9.17, 15) is 8.42 Å². The lowest BCUT2D eigenvalue weighted by Gasteiger charge is -2.23. The van der Waals surface area contributed by atoms with Crippen molar-refractivity contribution >= 4 is 21.7 Å². The van der Waals surface area contributed by atoms with Crippen LogP contribution in [0, 0.1) is 13.8 Å². The molecule has 0 saturated heterocycles. The van der Waals surface area contributed by atoms with Crippen molar-refractivity contribution in [3.05, 3.63) is 23.3 Å². The summed E-state index contributed by atoms with van der Waals surface area (Å²) in [5.74, 6) is 0.318. The van der Waals surface area contributed by atoms with E-state index < -0.39 is 10.0 Å². The molecular weight excluding hydrogens is 274 g/mol. The van der Waals surface area contributed by atoms with Crippen LogP contribution in [-0.4, -0.2) is 20.9 Å². The number of benzene rings is 1. The number of unbranched alkanes of at least 4 members (excludes halogenated alkanes) is 2. The molecule has 1 aromatic carbocycles. The van der Waals surface area contributed by atoms with Gasteiger partial charge < -0.3 is 5.32 Å². The molecule has 1 aromatic rings. The topological polar surface area (TPSA) is 70.6 Å². The molecule has 0 fully saturated rings. The van der Waals surface area contributed by atoms with Crippen LogP contribution in [0.4, 0.5) is 5.69 Å². The summed E-state index contributed by atoms with van der Waals surface area (Å²) >= 11 is 0. The van der Waals surface area contributed by atoms with Crippen LogP contribution in [0.2, 0.25) is 0 Å². The highest BCUT2D eigenvalue weighted by Crippen LogP contribution is 2.29. The number of nitrogens with zero attached hydrogens (tertiary/aromatic N) is 1. The molecule has 0 aliphatic carbocycles. The van der Waals surface area contributed by atoms with Crippen LogP contribution in [0.15, 0.2) is 22.0 Å². The molecule has 0 unspecified atom stereocenters. The summed E-state index contributed by atoms with van der Waals surface area (Å²) in [5.41, 5.74) is 2.37. The largest absolute Gasteiger partial charge is 0.324 e. The Labute approximate surface area is 120 Å². The Kier molecular flexibility index (Phi) is 4.32. The molecule has 0 saturated carbocycles. The van der Waals surface area contributed by atoms with E-state index in [1.54, 1.807) is 6.92 Å². The fourth-order valence-corrected chi connectivity index (χ4v) is 3.71. The van der Waals surface area contributed by atoms with Crippen molar-refractivity contribution in [3.8, 4) is 0 Å². The van der Waals surface area contributed by atoms with Crippen LogP contribution >= 0.6 is 0 Å². The van der Waals surface area contributed by atoms with Crippen molar-refractivity contribution in [2.24, 2.45) is 4.99 Å². The monoisotopic (exact) mass is 295 g/mol. The number of hydrogen-bond donors (Lipinski definition) is 2. The Bertz CT molecular complexity index is 636. The van der Waals surface area contributed by atoms with Crippen LogP contribution in [0.5, 0.6) is 0 Å². The zero-order valence-electron chi connectivity index (χ0n) is 12.2. The van der Waals surface area contributed by atoms with Gasteiger partial charge in [0.05, 0.1) is 5.69 Å². The molecule has 20 heavy (non-hydrogen) atoms. The first-order valence-electron chi connectivity index (χ1n) is 6.89. The van der Waals surface area contributed by atoms with Gasteiger partial charge in [-0.15, -0.1) is 0 Å². The van der Waals surface area contributed by atoms with Crippen molar-refractivity contribution < 1.29 is 8.42 Å². The lowest BCUT2D eigenvalue weighted by Crippen LogP contribution is -2.41. The molecule has 1 heterocycles. The number of rotatable bonds is 4. The van der Waals surface area contributed by atoms with E-state index in [-0.39, 0.29) is 0 Å². The molecule has 0 aromatic heterocycles. The molecule has 6 heteroatoms. The van der Waals surface area contributed by atoms with E-state index in [0.717, 1.165) is 30.4 Å². The summed E-state index contributed by atoms with van der Waals surface area (Å²) in [6, 6.07) is 3.70. The highest BCUT2D eigenvalue weighted by molar-refractivity contribution is 7.90. The predicted molar refractivity (Wildman–Crippen MR) is 81.7 cm³/mol. The second kappa shape index (κ2) is 5.83. The molecule has 110 valence electrons. The summed E-state index contributed by atoms with van der Waals surface area (Å²) in [6.07, 6.45) is 3.17. The third-order valence-corrected chi connectivity index (χ3v) is 4.74. The van der Waals surface area contributed by atoms with Gasteiger partial charge in [-0.2, -0.15) is 0 Å². The summed E-state index contributed by atoms with van der Waals surface area (Å²) in [4.78, 5) is 4.61. The van der Waals surface area contributed by atoms with Crippen molar-refractivity contribution in [1.82, 2.24) is 4.72 Å². The standard InChI is InChI=1S/C14H21N3O2S/c1-4-5-6-7-15-14-16-12-9-10(2)8-11(3)13(12)20(18,19)17-14/h8-9H,4-7H2,1-3H3,(H2,15,16,17). The third kappa shape index (κ3) is 3.12. The zero-order valence-corrected chi connectivity index (χ0v) is 13.0. The second-order valence-corrected chi connectivity index (χ2v) is 6.75. The molecule has 5 nitrogen and oxygen atoms in total. The smallest absolute Gasteiger partial charge is 0.266 e. The molecule has 2 N–H and O–H groups in total. The van der Waals surface area contributed by atoms with Gasteiger partial charge in [0.25, 0.3) is 10.0 Å². The normalized spacial score (nSPS) is 18.2. The Balaban J connectivity index is 2.30. The average molecular weight is 295 g/mol. The minimum absolute atomic E-state index is 0.315. The van der Waals surface area contributed by atoms with E-state index in [0.29, 0.717) is 23.1 Å². The summed E-state index contributed by atoms with van der Waals surface area (Å²) in [6.45, 7) is 6.49. The average Bonchev–Trinajstić information content (AvgIpc) is 2.32. The van der Waals surface area contributed by atoms with Gasteiger partial charge in [0.1, 0.15) is 4.90 Å². The van der Waals surface area contributed by atoms with Crippen LogP contribution < -0.4 is 10.0 Å². The maximum atomic E-state index is 12.3. The Morgan fingerprint density at radius 1 is 1.20 bits per heavy atom. The number of anilines is 1. The van der Waals surface area contributed by atoms with Crippen LogP contribution in [0.1, 0.15) is 37.3 Å². The molecule has 2 rings (SSSR count). The highest BCUT2D eigenvalue weighted by Gasteiger charge is 2.28. The fourth-order valence-electron chi connectivity index (χ4n) is 2.36. The van der Waals surface area contributed by atoms with Gasteiger partial charge >= 0.3 is 0 Å². The lowest BCUT2D eigenvalue weighted by molar-refractivity contribution is 0.591. The first-order chi connectivity index (χ1) is 9.44. The Morgan fingerprint density at radius 3 is 2.65 bits per heavy atom. The van der Waals surface area contributed by atoms with Crippen molar-refractivity contribution in [1.29, 1.82) is 0 Å². The highest BCUT2D eigenvalue weighted by atomic mass is 32.2. The summed E-state index contributed by atoms with van der Waals surface area (Å²) in [5, 5.41) is 3.07. The number of sulfonamides is 1. The van der Waals surface area contributed by atoms with Gasteiger partial charge in [0.2, 0.25) is 5.96 Å². The van der Waals surface area contributed by atoms with Crippen LogP contribution in [0.25, 0.3) is 0 Å². The Morgan fingerprint density at radius 2 is 1.95 bits per heavy atom. The van der Waals surface area contributed by atoms with Gasteiger partial charge in [0.15, 0.2) is 0 Å². The zero-order chi connectivity index (χ0) is 14.8. The quantitative estimate of drug-likeness (QED) is 0.839. The van der Waals surface area contributed by atoms with E-state index in [4.69, 9.17) is 0 Å². The molecule has 0 radical (unpaired) electrons. The predicted octanol–water partition coefficient (Wildman–Crippen LogP) is 2.55. The van der Waals surface area contributed by atoms with Crippen LogP contribution in [0.3, 0.4) is 0 Å². The van der Waals surface area contributed by atoms with Gasteiger partial charge in [-0.1, -0.05) is 25.8 Å². The number of aliphatic imine (C=N–C) groups is 1. The number of fused-ring (bicyclic) bond motifs is 1. The minimum atomic E-state index is -3.52. The van der Waals surface area contributed by atoms with Crippen molar-refractivity contribution in [3.63, 3.8) is 0 Å². The first kappa shape index (κ1) is 14.8. The SMILES string of the molecule is CCCCCN=C1Nc2cc(C)cc(C)c2S(=O)(=O)N1. The molecule has 0 bridgehead atoms. The van der Waals surface area contributed by atoms with Crippen LogP contribution in [-0.2, 0) is 10.0 Å². The molecule has 0 amide bonds. The number of hydrogen-bond acceptors (Lipinski definition) is 3.